The first-order chi connectivity index (χ1) is 13.5. The second-order valence-corrected chi connectivity index (χ2v) is 7.78. The van der Waals surface area contributed by atoms with Gasteiger partial charge in [-0.3, -0.25) is 4.79 Å². The molecule has 1 fully saturated rings. The van der Waals surface area contributed by atoms with Crippen molar-refractivity contribution in [1.82, 2.24) is 24.5 Å². The Morgan fingerprint density at radius 2 is 2.04 bits per heavy atom. The third-order valence-corrected chi connectivity index (χ3v) is 5.72. The minimum atomic E-state index is 0.147. The van der Waals surface area contributed by atoms with Crippen LogP contribution in [-0.4, -0.2) is 56.6 Å². The van der Waals surface area contributed by atoms with Gasteiger partial charge in [0.1, 0.15) is 12.9 Å². The van der Waals surface area contributed by atoms with Crippen molar-refractivity contribution in [3.8, 4) is 0 Å². The van der Waals surface area contributed by atoms with Crippen LogP contribution in [0.5, 0.6) is 0 Å². The number of amides is 1. The molecular weight excluding hydrogens is 376 g/mol. The van der Waals surface area contributed by atoms with Crippen molar-refractivity contribution in [1.29, 1.82) is 0 Å². The number of hydrogen-bond donors (Lipinski definition) is 1. The number of nitrogens with one attached hydrogen (secondary N) is 1. The lowest BCUT2D eigenvalue weighted by atomic mass is 10.1. The van der Waals surface area contributed by atoms with Gasteiger partial charge in [0, 0.05) is 27.5 Å². The average Bonchev–Trinajstić information content (AvgIpc) is 3.14. The average molecular weight is 400 g/mol. The summed E-state index contributed by atoms with van der Waals surface area (Å²) in [5.74, 6) is 0.721. The molecule has 1 amide bonds. The molecule has 0 unspecified atom stereocenters. The van der Waals surface area contributed by atoms with E-state index in [1.165, 1.54) is 16.8 Å². The second kappa shape index (κ2) is 7.85. The van der Waals surface area contributed by atoms with Gasteiger partial charge in [-0.15, -0.1) is 0 Å². The summed E-state index contributed by atoms with van der Waals surface area (Å²) in [6.07, 6.45) is 1.84. The van der Waals surface area contributed by atoms with Gasteiger partial charge in [-0.05, 0) is 26.0 Å². The van der Waals surface area contributed by atoms with Gasteiger partial charge in [0.25, 0.3) is 5.78 Å². The lowest BCUT2D eigenvalue weighted by Gasteiger charge is -2.32. The van der Waals surface area contributed by atoms with Gasteiger partial charge in [0.15, 0.2) is 0 Å². The molecule has 146 valence electrons. The molecule has 0 atom stereocenters. The maximum Gasteiger partial charge on any atom is 0.252 e. The van der Waals surface area contributed by atoms with E-state index in [4.69, 9.17) is 11.6 Å². The van der Waals surface area contributed by atoms with Crippen LogP contribution < -0.4 is 4.90 Å². The molecule has 1 aliphatic rings. The Hall–Kier alpha value is -2.51. The molecule has 2 aromatic heterocycles. The van der Waals surface area contributed by atoms with E-state index in [9.17, 15) is 4.79 Å². The number of carbonyl (C=O) groups excluding carboxylic acids is 1. The fourth-order valence-corrected chi connectivity index (χ4v) is 4.07. The van der Waals surface area contributed by atoms with Crippen molar-refractivity contribution in [3.63, 3.8) is 0 Å². The molecule has 1 aliphatic heterocycles. The molecule has 0 spiro atoms. The Morgan fingerprint density at radius 1 is 1.25 bits per heavy atom. The third kappa shape index (κ3) is 3.86. The van der Waals surface area contributed by atoms with Crippen LogP contribution >= 0.6 is 11.6 Å². The zero-order valence-corrected chi connectivity index (χ0v) is 16.9. The molecule has 7 nitrogen and oxygen atoms in total. The summed E-state index contributed by atoms with van der Waals surface area (Å²) in [5.41, 5.74) is 3.95. The van der Waals surface area contributed by atoms with Crippen LogP contribution in [0.1, 0.15) is 22.5 Å². The highest BCUT2D eigenvalue weighted by Gasteiger charge is 2.25. The predicted octanol–water partition coefficient (Wildman–Crippen LogP) is 0.864. The van der Waals surface area contributed by atoms with Gasteiger partial charge in [0.05, 0.1) is 32.6 Å². The molecule has 28 heavy (non-hydrogen) atoms. The highest BCUT2D eigenvalue weighted by atomic mass is 35.5. The normalized spacial score (nSPS) is 15.3. The second-order valence-electron chi connectivity index (χ2n) is 7.35. The Labute approximate surface area is 168 Å². The van der Waals surface area contributed by atoms with Crippen LogP contribution in [0.15, 0.2) is 30.6 Å². The quantitative estimate of drug-likeness (QED) is 0.706. The number of aromatic nitrogens is 4. The minimum absolute atomic E-state index is 0.147. The summed E-state index contributed by atoms with van der Waals surface area (Å²) < 4.78 is 1.70. The Morgan fingerprint density at radius 3 is 2.79 bits per heavy atom. The molecule has 0 bridgehead atoms. The Kier molecular flexibility index (Phi) is 5.28. The first-order valence-electron chi connectivity index (χ1n) is 9.53. The van der Waals surface area contributed by atoms with Crippen LogP contribution in [0.4, 0.5) is 0 Å². The number of benzene rings is 1. The zero-order chi connectivity index (χ0) is 19.7. The van der Waals surface area contributed by atoms with E-state index < -0.39 is 0 Å². The molecule has 4 rings (SSSR count). The summed E-state index contributed by atoms with van der Waals surface area (Å²) in [6.45, 7) is 8.25. The number of fused-ring (bicyclic) bond motifs is 1. The highest BCUT2D eigenvalue weighted by molar-refractivity contribution is 6.30. The first-order valence-corrected chi connectivity index (χ1v) is 9.90. The number of piperazine rings is 1. The number of carbonyl (C=O) groups is 1. The van der Waals surface area contributed by atoms with Gasteiger partial charge < -0.3 is 9.80 Å². The van der Waals surface area contributed by atoms with Crippen LogP contribution in [0.2, 0.25) is 5.02 Å². The van der Waals surface area contributed by atoms with E-state index >= 15 is 0 Å². The Balaban J connectivity index is 1.38. The van der Waals surface area contributed by atoms with Crippen LogP contribution in [0.25, 0.3) is 5.78 Å². The van der Waals surface area contributed by atoms with E-state index in [1.54, 1.807) is 4.52 Å². The number of halogens is 1. The van der Waals surface area contributed by atoms with Gasteiger partial charge in [-0.25, -0.2) is 9.50 Å². The van der Waals surface area contributed by atoms with Crippen molar-refractivity contribution >= 4 is 23.3 Å². The molecule has 0 radical (unpaired) electrons. The molecule has 1 aromatic carbocycles. The number of hydrogen-bond acceptors (Lipinski definition) is 4. The summed E-state index contributed by atoms with van der Waals surface area (Å²) >= 11 is 6.08. The Bertz CT molecular complexity index is 1010. The number of nitrogens with zero attached hydrogens (tertiary/aromatic N) is 5. The molecule has 1 saturated heterocycles. The van der Waals surface area contributed by atoms with E-state index in [0.717, 1.165) is 54.7 Å². The molecule has 0 saturated carbocycles. The first kappa shape index (κ1) is 18.8. The largest absolute Gasteiger partial charge is 0.331 e. The zero-order valence-electron chi connectivity index (χ0n) is 16.2. The van der Waals surface area contributed by atoms with E-state index in [2.05, 4.69) is 21.1 Å². The van der Waals surface area contributed by atoms with E-state index in [1.807, 2.05) is 36.9 Å². The van der Waals surface area contributed by atoms with Crippen molar-refractivity contribution in [2.75, 3.05) is 26.2 Å². The fourth-order valence-electron chi connectivity index (χ4n) is 3.86. The summed E-state index contributed by atoms with van der Waals surface area (Å²) in [4.78, 5) is 24.9. The monoisotopic (exact) mass is 399 g/mol. The lowest BCUT2D eigenvalue weighted by molar-refractivity contribution is -0.917. The standard InChI is InChI=1S/C20H23ClN6O/c1-14-18(15(2)27-20(24-14)22-13-23-27)11-19(28)26-8-6-25(7-9-26)12-16-4-3-5-17(21)10-16/h3-5,10,13H,6-9,11-12H2,1-2H3/p+1. The van der Waals surface area contributed by atoms with Gasteiger partial charge in [-0.1, -0.05) is 23.7 Å². The van der Waals surface area contributed by atoms with Crippen LogP contribution in [0, 0.1) is 13.8 Å². The van der Waals surface area contributed by atoms with Crippen molar-refractivity contribution in [3.05, 3.63) is 58.1 Å². The predicted molar refractivity (Wildman–Crippen MR) is 106 cm³/mol. The summed E-state index contributed by atoms with van der Waals surface area (Å²) in [6, 6.07) is 8.01. The molecule has 8 heteroatoms. The molecule has 3 aromatic rings. The number of aryl methyl sites for hydroxylation is 2. The molecule has 0 aliphatic carbocycles. The van der Waals surface area contributed by atoms with Crippen LogP contribution in [-0.2, 0) is 17.8 Å². The van der Waals surface area contributed by atoms with E-state index in [-0.39, 0.29) is 5.91 Å². The van der Waals surface area contributed by atoms with E-state index in [0.29, 0.717) is 12.2 Å². The van der Waals surface area contributed by atoms with Crippen LogP contribution in [0.3, 0.4) is 0 Å². The van der Waals surface area contributed by atoms with Crippen molar-refractivity contribution in [2.45, 2.75) is 26.8 Å². The van der Waals surface area contributed by atoms with Gasteiger partial charge in [0.2, 0.25) is 5.91 Å². The molecule has 1 N–H and O–H groups in total. The molecule has 3 heterocycles. The maximum atomic E-state index is 12.9. The summed E-state index contributed by atoms with van der Waals surface area (Å²) in [7, 11) is 0. The maximum absolute atomic E-state index is 12.9. The third-order valence-electron chi connectivity index (χ3n) is 5.48. The minimum Gasteiger partial charge on any atom is -0.331 e. The van der Waals surface area contributed by atoms with Gasteiger partial charge in [-0.2, -0.15) is 10.1 Å². The number of rotatable bonds is 4. The summed E-state index contributed by atoms with van der Waals surface area (Å²) in [5, 5.41) is 4.97. The SMILES string of the molecule is Cc1nc2ncnn2c(C)c1CC(=O)N1CC[NH+](Cc2cccc(Cl)c2)CC1. The fraction of sp³-hybridized carbons (Fsp3) is 0.400. The molecular formula is C20H24ClN6O+. The van der Waals surface area contributed by atoms with Crippen molar-refractivity contribution < 1.29 is 9.69 Å². The number of quaternary nitrogens is 1. The smallest absolute Gasteiger partial charge is 0.252 e. The highest BCUT2D eigenvalue weighted by Crippen LogP contribution is 2.15. The van der Waals surface area contributed by atoms with Crippen molar-refractivity contribution in [2.24, 2.45) is 0 Å². The topological polar surface area (TPSA) is 67.8 Å². The lowest BCUT2D eigenvalue weighted by Crippen LogP contribution is -3.13. The van der Waals surface area contributed by atoms with Gasteiger partial charge >= 0.3 is 0 Å².